The lowest BCUT2D eigenvalue weighted by Gasteiger charge is -2.09. The van der Waals surface area contributed by atoms with Gasteiger partial charge in [0.25, 0.3) is 5.56 Å². The summed E-state index contributed by atoms with van der Waals surface area (Å²) in [5.74, 6) is 0. The summed E-state index contributed by atoms with van der Waals surface area (Å²) >= 11 is 1.18. The molecule has 0 saturated carbocycles. The van der Waals surface area contributed by atoms with Crippen LogP contribution in [0.4, 0.5) is 0 Å². The fraction of sp³-hybridized carbons (Fsp3) is 0.308. The van der Waals surface area contributed by atoms with E-state index in [2.05, 4.69) is 4.72 Å². The van der Waals surface area contributed by atoms with Crippen molar-refractivity contribution in [3.8, 4) is 0 Å². The molecule has 0 radical (unpaired) electrons. The minimum atomic E-state index is -3.41. The van der Waals surface area contributed by atoms with Gasteiger partial charge in [0.05, 0.1) is 0 Å². The molecule has 0 atom stereocenters. The molecule has 0 aliphatic carbocycles. The molecule has 20 heavy (non-hydrogen) atoms. The average Bonchev–Trinajstić information content (AvgIpc) is 2.92. The molecule has 0 amide bonds. The Morgan fingerprint density at radius 3 is 2.70 bits per heavy atom. The number of hydrogen-bond acceptors (Lipinski definition) is 4. The van der Waals surface area contributed by atoms with Crippen molar-refractivity contribution in [2.24, 2.45) is 0 Å². The van der Waals surface area contributed by atoms with Crippen molar-refractivity contribution in [2.45, 2.75) is 24.1 Å². The minimum Gasteiger partial charge on any atom is -0.313 e. The molecule has 0 aliphatic rings. The molecule has 0 spiro atoms. The summed E-state index contributed by atoms with van der Waals surface area (Å²) in [4.78, 5) is 11.6. The molecule has 0 aromatic carbocycles. The number of thiophene rings is 1. The number of hydrogen-bond donors (Lipinski definition) is 1. The van der Waals surface area contributed by atoms with Gasteiger partial charge in [0.1, 0.15) is 4.21 Å². The third kappa shape index (κ3) is 3.56. The van der Waals surface area contributed by atoms with E-state index < -0.39 is 10.0 Å². The molecule has 0 fully saturated rings. The van der Waals surface area contributed by atoms with E-state index in [1.54, 1.807) is 28.1 Å². The summed E-state index contributed by atoms with van der Waals surface area (Å²) < 4.78 is 28.2. The molecule has 108 valence electrons. The molecule has 0 saturated heterocycles. The SMILES string of the molecule is Cc1cccc(=O)n1CCCNS(=O)(=O)c1cccs1. The van der Waals surface area contributed by atoms with Gasteiger partial charge in [-0.05, 0) is 30.9 Å². The summed E-state index contributed by atoms with van der Waals surface area (Å²) in [5, 5.41) is 1.72. The zero-order valence-electron chi connectivity index (χ0n) is 11.1. The highest BCUT2D eigenvalue weighted by Gasteiger charge is 2.13. The van der Waals surface area contributed by atoms with Crippen molar-refractivity contribution in [1.82, 2.24) is 9.29 Å². The third-order valence-corrected chi connectivity index (χ3v) is 5.74. The molecule has 0 bridgehead atoms. The standard InChI is InChI=1S/C13H16N2O3S2/c1-11-5-2-6-12(16)15(11)9-4-8-14-20(17,18)13-7-3-10-19-13/h2-3,5-7,10,14H,4,8-9H2,1H3. The van der Waals surface area contributed by atoms with Gasteiger partial charge in [-0.2, -0.15) is 0 Å². The number of nitrogens with zero attached hydrogens (tertiary/aromatic N) is 1. The molecule has 0 aliphatic heterocycles. The fourth-order valence-electron chi connectivity index (χ4n) is 1.84. The van der Waals surface area contributed by atoms with E-state index in [0.29, 0.717) is 23.7 Å². The normalized spacial score (nSPS) is 11.7. The Bertz CT molecular complexity index is 718. The third-order valence-electron chi connectivity index (χ3n) is 2.88. The van der Waals surface area contributed by atoms with E-state index in [-0.39, 0.29) is 5.56 Å². The van der Waals surface area contributed by atoms with Crippen molar-refractivity contribution < 1.29 is 8.42 Å². The van der Waals surface area contributed by atoms with Crippen LogP contribution in [-0.4, -0.2) is 19.5 Å². The first kappa shape index (κ1) is 15.0. The largest absolute Gasteiger partial charge is 0.313 e. The Labute approximate surface area is 121 Å². The Morgan fingerprint density at radius 1 is 1.25 bits per heavy atom. The summed E-state index contributed by atoms with van der Waals surface area (Å²) in [6.45, 7) is 2.66. The molecule has 2 aromatic heterocycles. The zero-order chi connectivity index (χ0) is 14.6. The van der Waals surface area contributed by atoms with E-state index in [0.717, 1.165) is 5.69 Å². The number of rotatable bonds is 6. The fourth-order valence-corrected chi connectivity index (χ4v) is 3.95. The summed E-state index contributed by atoms with van der Waals surface area (Å²) in [6, 6.07) is 8.35. The maximum atomic E-state index is 11.9. The molecular formula is C13H16N2O3S2. The Hall–Kier alpha value is -1.44. The molecule has 5 nitrogen and oxygen atoms in total. The lowest BCUT2D eigenvalue weighted by Crippen LogP contribution is -2.27. The molecule has 2 rings (SSSR count). The van der Waals surface area contributed by atoms with E-state index in [1.807, 2.05) is 13.0 Å². The molecule has 2 aromatic rings. The summed E-state index contributed by atoms with van der Waals surface area (Å²) in [6.07, 6.45) is 0.565. The van der Waals surface area contributed by atoms with Crippen LogP contribution in [0, 0.1) is 6.92 Å². The number of aryl methyl sites for hydroxylation is 1. The van der Waals surface area contributed by atoms with Gasteiger partial charge in [-0.1, -0.05) is 12.1 Å². The molecule has 2 heterocycles. The maximum Gasteiger partial charge on any atom is 0.250 e. The Balaban J connectivity index is 1.90. The van der Waals surface area contributed by atoms with E-state index in [9.17, 15) is 13.2 Å². The first-order chi connectivity index (χ1) is 9.50. The number of nitrogens with one attached hydrogen (secondary N) is 1. The lowest BCUT2D eigenvalue weighted by atomic mass is 10.3. The first-order valence-corrected chi connectivity index (χ1v) is 8.56. The van der Waals surface area contributed by atoms with E-state index in [1.165, 1.54) is 17.4 Å². The Kier molecular flexibility index (Phi) is 4.74. The molecule has 0 unspecified atom stereocenters. The van der Waals surface area contributed by atoms with Crippen molar-refractivity contribution in [2.75, 3.05) is 6.54 Å². The van der Waals surface area contributed by atoms with E-state index >= 15 is 0 Å². The van der Waals surface area contributed by atoms with Gasteiger partial charge < -0.3 is 4.57 Å². The number of sulfonamides is 1. The quantitative estimate of drug-likeness (QED) is 0.824. The molecule has 1 N–H and O–H groups in total. The second-order valence-electron chi connectivity index (χ2n) is 4.34. The summed E-state index contributed by atoms with van der Waals surface area (Å²) in [7, 11) is -3.41. The van der Waals surface area contributed by atoms with Gasteiger partial charge in [0.2, 0.25) is 10.0 Å². The average molecular weight is 312 g/mol. The van der Waals surface area contributed by atoms with Gasteiger partial charge in [0, 0.05) is 24.8 Å². The van der Waals surface area contributed by atoms with E-state index in [4.69, 9.17) is 0 Å². The highest BCUT2D eigenvalue weighted by Crippen LogP contribution is 2.14. The Morgan fingerprint density at radius 2 is 2.05 bits per heavy atom. The lowest BCUT2D eigenvalue weighted by molar-refractivity contribution is 0.565. The highest BCUT2D eigenvalue weighted by atomic mass is 32.2. The first-order valence-electron chi connectivity index (χ1n) is 6.20. The zero-order valence-corrected chi connectivity index (χ0v) is 12.7. The van der Waals surface area contributed by atoms with Crippen LogP contribution in [0.1, 0.15) is 12.1 Å². The van der Waals surface area contributed by atoms with Crippen LogP contribution in [-0.2, 0) is 16.6 Å². The smallest absolute Gasteiger partial charge is 0.250 e. The predicted molar refractivity (Wildman–Crippen MR) is 79.6 cm³/mol. The van der Waals surface area contributed by atoms with Gasteiger partial charge >= 0.3 is 0 Å². The van der Waals surface area contributed by atoms with Gasteiger partial charge in [-0.3, -0.25) is 4.79 Å². The van der Waals surface area contributed by atoms with Gasteiger partial charge in [-0.15, -0.1) is 11.3 Å². The van der Waals surface area contributed by atoms with Crippen molar-refractivity contribution >= 4 is 21.4 Å². The van der Waals surface area contributed by atoms with Crippen LogP contribution in [0.25, 0.3) is 0 Å². The molecule has 7 heteroatoms. The van der Waals surface area contributed by atoms with Crippen LogP contribution < -0.4 is 10.3 Å². The van der Waals surface area contributed by atoms with Crippen LogP contribution in [0.5, 0.6) is 0 Å². The minimum absolute atomic E-state index is 0.0638. The topological polar surface area (TPSA) is 68.2 Å². The van der Waals surface area contributed by atoms with Crippen molar-refractivity contribution in [1.29, 1.82) is 0 Å². The maximum absolute atomic E-state index is 11.9. The van der Waals surface area contributed by atoms with Gasteiger partial charge in [-0.25, -0.2) is 13.1 Å². The second-order valence-corrected chi connectivity index (χ2v) is 7.28. The van der Waals surface area contributed by atoms with Gasteiger partial charge in [0.15, 0.2) is 0 Å². The van der Waals surface area contributed by atoms with Crippen molar-refractivity contribution in [3.63, 3.8) is 0 Å². The van der Waals surface area contributed by atoms with Crippen LogP contribution >= 0.6 is 11.3 Å². The van der Waals surface area contributed by atoms with Crippen LogP contribution in [0.3, 0.4) is 0 Å². The number of pyridine rings is 1. The number of aromatic nitrogens is 1. The van der Waals surface area contributed by atoms with Crippen LogP contribution in [0.15, 0.2) is 44.7 Å². The molecular weight excluding hydrogens is 296 g/mol. The highest BCUT2D eigenvalue weighted by molar-refractivity contribution is 7.91. The second kappa shape index (κ2) is 6.34. The predicted octanol–water partition coefficient (Wildman–Crippen LogP) is 1.59. The summed E-state index contributed by atoms with van der Waals surface area (Å²) in [5.41, 5.74) is 0.810. The van der Waals surface area contributed by atoms with Crippen LogP contribution in [0.2, 0.25) is 0 Å². The van der Waals surface area contributed by atoms with Crippen molar-refractivity contribution in [3.05, 3.63) is 51.8 Å². The monoisotopic (exact) mass is 312 g/mol.